The second kappa shape index (κ2) is 8.82. The molecule has 0 fully saturated rings. The van der Waals surface area contributed by atoms with Gasteiger partial charge in [-0.1, -0.05) is 38.1 Å². The number of aromatic nitrogens is 1. The molecule has 1 amide bonds. The van der Waals surface area contributed by atoms with Crippen molar-refractivity contribution in [3.63, 3.8) is 0 Å². The number of hydrogen-bond donors (Lipinski definition) is 1. The molecule has 30 heavy (non-hydrogen) atoms. The summed E-state index contributed by atoms with van der Waals surface area (Å²) in [6.45, 7) is 4.34. The van der Waals surface area contributed by atoms with Gasteiger partial charge >= 0.3 is 0 Å². The molecule has 0 aliphatic heterocycles. The molecule has 4 aromatic rings. The van der Waals surface area contributed by atoms with Crippen LogP contribution < -0.4 is 10.1 Å². The molecule has 5 nitrogen and oxygen atoms in total. The fourth-order valence-corrected chi connectivity index (χ4v) is 3.17. The summed E-state index contributed by atoms with van der Waals surface area (Å²) in [6, 6.07) is 22.9. The van der Waals surface area contributed by atoms with Crippen LogP contribution in [0.1, 0.15) is 31.7 Å². The van der Waals surface area contributed by atoms with Gasteiger partial charge in [0.05, 0.1) is 0 Å². The smallest absolute Gasteiger partial charge is 0.262 e. The lowest BCUT2D eigenvalue weighted by molar-refractivity contribution is -0.118. The van der Waals surface area contributed by atoms with Crippen LogP contribution in [0, 0.1) is 0 Å². The number of rotatable bonds is 7. The Kier molecular flexibility index (Phi) is 5.80. The van der Waals surface area contributed by atoms with Gasteiger partial charge in [-0.3, -0.25) is 4.79 Å². The number of para-hydroxylation sites is 1. The van der Waals surface area contributed by atoms with E-state index in [1.807, 2.05) is 60.7 Å². The minimum absolute atomic E-state index is 0.0462. The highest BCUT2D eigenvalue weighted by atomic mass is 16.5. The number of nitrogens with zero attached hydrogens (tertiary/aromatic N) is 1. The lowest BCUT2D eigenvalue weighted by atomic mass is 9.98. The van der Waals surface area contributed by atoms with E-state index in [2.05, 4.69) is 36.3 Å². The second-order valence-electron chi connectivity index (χ2n) is 7.28. The first-order valence-electron chi connectivity index (χ1n) is 10.1. The number of oxazole rings is 1. The molecule has 0 aliphatic rings. The molecule has 1 heterocycles. The molecule has 1 atom stereocenters. The van der Waals surface area contributed by atoms with E-state index >= 15 is 0 Å². The Morgan fingerprint density at radius 1 is 1.07 bits per heavy atom. The molecule has 1 aromatic heterocycles. The van der Waals surface area contributed by atoms with Gasteiger partial charge in [0.15, 0.2) is 12.2 Å². The van der Waals surface area contributed by atoms with Crippen LogP contribution in [0.5, 0.6) is 5.75 Å². The third-order valence-corrected chi connectivity index (χ3v) is 5.12. The summed E-state index contributed by atoms with van der Waals surface area (Å²) in [5, 5.41) is 2.83. The molecule has 0 unspecified atom stereocenters. The van der Waals surface area contributed by atoms with Crippen molar-refractivity contribution in [2.24, 2.45) is 0 Å². The van der Waals surface area contributed by atoms with Gasteiger partial charge in [0, 0.05) is 11.3 Å². The van der Waals surface area contributed by atoms with Crippen LogP contribution in [-0.4, -0.2) is 17.5 Å². The van der Waals surface area contributed by atoms with E-state index in [0.29, 0.717) is 23.2 Å². The molecule has 0 bridgehead atoms. The molecular weight excluding hydrogens is 376 g/mol. The number of ether oxygens (including phenoxy) is 1. The molecule has 4 rings (SSSR count). The Bertz CT molecular complexity index is 1130. The first-order chi connectivity index (χ1) is 14.6. The highest BCUT2D eigenvalue weighted by molar-refractivity contribution is 5.92. The number of hydrogen-bond acceptors (Lipinski definition) is 4. The van der Waals surface area contributed by atoms with Crippen molar-refractivity contribution in [1.82, 2.24) is 4.98 Å². The lowest BCUT2D eigenvalue weighted by Crippen LogP contribution is -2.20. The molecule has 0 saturated heterocycles. The van der Waals surface area contributed by atoms with Crippen LogP contribution in [-0.2, 0) is 4.79 Å². The summed E-state index contributed by atoms with van der Waals surface area (Å²) in [6.07, 6.45) is 1.08. The van der Waals surface area contributed by atoms with Crippen molar-refractivity contribution in [2.45, 2.75) is 26.2 Å². The van der Waals surface area contributed by atoms with Crippen LogP contribution in [0.25, 0.3) is 22.6 Å². The van der Waals surface area contributed by atoms with Gasteiger partial charge in [-0.25, -0.2) is 4.98 Å². The fourth-order valence-electron chi connectivity index (χ4n) is 3.17. The molecule has 5 heteroatoms. The molecule has 0 saturated carbocycles. The maximum atomic E-state index is 12.1. The molecule has 0 spiro atoms. The Morgan fingerprint density at radius 3 is 2.57 bits per heavy atom. The molecular formula is C25H24N2O3. The first-order valence-corrected chi connectivity index (χ1v) is 10.1. The normalized spacial score (nSPS) is 11.9. The van der Waals surface area contributed by atoms with E-state index < -0.39 is 0 Å². The van der Waals surface area contributed by atoms with Crippen LogP contribution in [0.4, 0.5) is 5.69 Å². The maximum Gasteiger partial charge on any atom is 0.262 e. The third-order valence-electron chi connectivity index (χ3n) is 5.12. The van der Waals surface area contributed by atoms with Crippen molar-refractivity contribution < 1.29 is 13.9 Å². The number of nitrogens with one attached hydrogen (secondary N) is 1. The van der Waals surface area contributed by atoms with E-state index in [-0.39, 0.29) is 12.5 Å². The summed E-state index contributed by atoms with van der Waals surface area (Å²) in [7, 11) is 0. The average Bonchev–Trinajstić information content (AvgIpc) is 3.22. The summed E-state index contributed by atoms with van der Waals surface area (Å²) < 4.78 is 11.4. The van der Waals surface area contributed by atoms with Crippen molar-refractivity contribution in [3.05, 3.63) is 78.4 Å². The largest absolute Gasteiger partial charge is 0.484 e. The van der Waals surface area contributed by atoms with Crippen molar-refractivity contribution >= 4 is 22.7 Å². The molecule has 3 aromatic carbocycles. The van der Waals surface area contributed by atoms with E-state index in [1.165, 1.54) is 5.56 Å². The van der Waals surface area contributed by atoms with Gasteiger partial charge in [0.1, 0.15) is 11.3 Å². The average molecular weight is 400 g/mol. The summed E-state index contributed by atoms with van der Waals surface area (Å²) in [5.74, 6) is 1.50. The van der Waals surface area contributed by atoms with Crippen LogP contribution >= 0.6 is 0 Å². The van der Waals surface area contributed by atoms with Crippen molar-refractivity contribution in [2.75, 3.05) is 11.9 Å². The van der Waals surface area contributed by atoms with E-state index in [1.54, 1.807) is 0 Å². The van der Waals surface area contributed by atoms with Gasteiger partial charge in [-0.2, -0.15) is 0 Å². The lowest BCUT2D eigenvalue weighted by Gasteiger charge is -2.07. The zero-order valence-electron chi connectivity index (χ0n) is 17.1. The second-order valence-corrected chi connectivity index (χ2v) is 7.28. The predicted molar refractivity (Wildman–Crippen MR) is 119 cm³/mol. The third kappa shape index (κ3) is 4.51. The molecule has 0 radical (unpaired) electrons. The Morgan fingerprint density at radius 2 is 1.83 bits per heavy atom. The zero-order valence-corrected chi connectivity index (χ0v) is 17.1. The molecule has 152 valence electrons. The van der Waals surface area contributed by atoms with Crippen LogP contribution in [0.2, 0.25) is 0 Å². The first kappa shape index (κ1) is 19.7. The van der Waals surface area contributed by atoms with Gasteiger partial charge in [-0.05, 0) is 66.4 Å². The minimum atomic E-state index is -0.217. The van der Waals surface area contributed by atoms with E-state index in [9.17, 15) is 4.79 Å². The number of anilines is 1. The van der Waals surface area contributed by atoms with Gasteiger partial charge in [0.2, 0.25) is 5.89 Å². The topological polar surface area (TPSA) is 64.4 Å². The van der Waals surface area contributed by atoms with Gasteiger partial charge in [-0.15, -0.1) is 0 Å². The summed E-state index contributed by atoms with van der Waals surface area (Å²) in [4.78, 5) is 16.7. The highest BCUT2D eigenvalue weighted by Crippen LogP contribution is 2.28. The van der Waals surface area contributed by atoms with Crippen LogP contribution in [0.3, 0.4) is 0 Å². The Labute approximate surface area is 175 Å². The SMILES string of the molecule is CC[C@@H](C)c1ccc2oc(-c3ccc(NC(=O)COc4ccccc4)cc3)nc2c1. The molecule has 1 N–H and O–H groups in total. The number of carbonyl (C=O) groups excluding carboxylic acids is 1. The Hall–Kier alpha value is -3.60. The van der Waals surface area contributed by atoms with Gasteiger partial charge in [0.25, 0.3) is 5.91 Å². The summed E-state index contributed by atoms with van der Waals surface area (Å²) >= 11 is 0. The van der Waals surface area contributed by atoms with E-state index in [0.717, 1.165) is 23.1 Å². The number of benzene rings is 3. The number of fused-ring (bicyclic) bond motifs is 1. The Balaban J connectivity index is 1.42. The highest BCUT2D eigenvalue weighted by Gasteiger charge is 2.11. The fraction of sp³-hybridized carbons (Fsp3) is 0.200. The predicted octanol–water partition coefficient (Wildman–Crippen LogP) is 6.03. The van der Waals surface area contributed by atoms with Crippen molar-refractivity contribution in [3.8, 4) is 17.2 Å². The standard InChI is InChI=1S/C25H24N2O3/c1-3-17(2)19-11-14-23-22(15-19)27-25(30-23)18-9-12-20(13-10-18)26-24(28)16-29-21-7-5-4-6-8-21/h4-15,17H,3,16H2,1-2H3,(H,26,28)/t17-/m1/s1. The quantitative estimate of drug-likeness (QED) is 0.412. The van der Waals surface area contributed by atoms with Gasteiger partial charge < -0.3 is 14.5 Å². The number of carbonyl (C=O) groups is 1. The maximum absolute atomic E-state index is 12.1. The molecule has 0 aliphatic carbocycles. The van der Waals surface area contributed by atoms with Crippen molar-refractivity contribution in [1.29, 1.82) is 0 Å². The van der Waals surface area contributed by atoms with E-state index in [4.69, 9.17) is 9.15 Å². The zero-order chi connectivity index (χ0) is 20.9. The minimum Gasteiger partial charge on any atom is -0.484 e. The monoisotopic (exact) mass is 400 g/mol. The number of amides is 1. The summed E-state index contributed by atoms with van der Waals surface area (Å²) in [5.41, 5.74) is 4.44. The van der Waals surface area contributed by atoms with Crippen LogP contribution in [0.15, 0.2) is 77.2 Å².